The number of hydrogen-bond acceptors (Lipinski definition) is 6. The Morgan fingerprint density at radius 3 is 2.32 bits per heavy atom. The molecule has 1 amide bonds. The Balaban J connectivity index is 1.38. The van der Waals surface area contributed by atoms with Crippen LogP contribution >= 0.6 is 11.8 Å². The molecule has 1 aliphatic rings. The van der Waals surface area contributed by atoms with Crippen molar-refractivity contribution in [3.8, 4) is 5.75 Å². The Bertz CT molecular complexity index is 1210. The molecule has 1 saturated heterocycles. The van der Waals surface area contributed by atoms with E-state index in [1.54, 1.807) is 12.1 Å². The first kappa shape index (κ1) is 28.0. The molecule has 0 bridgehead atoms. The van der Waals surface area contributed by atoms with Gasteiger partial charge in [0.2, 0.25) is 5.91 Å². The lowest BCUT2D eigenvalue weighted by molar-refractivity contribution is -0.128. The quantitative estimate of drug-likeness (QED) is 0.305. The predicted molar refractivity (Wildman–Crippen MR) is 150 cm³/mol. The first-order chi connectivity index (χ1) is 18.2. The molecule has 1 aliphatic heterocycles. The summed E-state index contributed by atoms with van der Waals surface area (Å²) in [5.74, 6) is 2.51. The van der Waals surface area contributed by atoms with Crippen LogP contribution in [0.25, 0.3) is 0 Å². The molecule has 7 nitrogen and oxygen atoms in total. The van der Waals surface area contributed by atoms with E-state index < -0.39 is 0 Å². The van der Waals surface area contributed by atoms with E-state index in [0.29, 0.717) is 30.7 Å². The lowest BCUT2D eigenvalue weighted by Crippen LogP contribution is -2.49. The zero-order valence-corrected chi connectivity index (χ0v) is 23.7. The summed E-state index contributed by atoms with van der Waals surface area (Å²) in [6, 6.07) is 14.6. The van der Waals surface area contributed by atoms with Crippen molar-refractivity contribution in [1.82, 2.24) is 19.7 Å². The second-order valence-corrected chi connectivity index (χ2v) is 11.4. The van der Waals surface area contributed by atoms with Gasteiger partial charge < -0.3 is 19.1 Å². The molecule has 1 atom stereocenters. The van der Waals surface area contributed by atoms with Crippen LogP contribution in [0.5, 0.6) is 5.75 Å². The third-order valence-electron chi connectivity index (χ3n) is 6.65. The Kier molecular flexibility index (Phi) is 9.31. The molecule has 204 valence electrons. The number of thioether (sulfide) groups is 1. The van der Waals surface area contributed by atoms with Gasteiger partial charge >= 0.3 is 0 Å². The van der Waals surface area contributed by atoms with E-state index in [0.717, 1.165) is 47.6 Å². The summed E-state index contributed by atoms with van der Waals surface area (Å²) >= 11 is 1.43. The number of carbonyl (C=O) groups excluding carboxylic acids is 1. The number of aromatic nitrogens is 3. The predicted octanol–water partition coefficient (Wildman–Crippen LogP) is 5.78. The van der Waals surface area contributed by atoms with Crippen LogP contribution in [0.1, 0.15) is 58.0 Å². The van der Waals surface area contributed by atoms with Gasteiger partial charge in [-0.3, -0.25) is 4.79 Å². The van der Waals surface area contributed by atoms with Crippen LogP contribution in [0.2, 0.25) is 0 Å². The summed E-state index contributed by atoms with van der Waals surface area (Å²) in [4.78, 5) is 17.1. The second kappa shape index (κ2) is 12.7. The van der Waals surface area contributed by atoms with Gasteiger partial charge in [-0.05, 0) is 54.7 Å². The van der Waals surface area contributed by atoms with Gasteiger partial charge in [-0.25, -0.2) is 4.39 Å². The van der Waals surface area contributed by atoms with Crippen molar-refractivity contribution >= 4 is 23.4 Å². The molecular weight excluding hydrogens is 501 g/mol. The molecule has 0 aliphatic carbocycles. The number of piperazine rings is 1. The molecule has 2 aromatic carbocycles. The molecule has 38 heavy (non-hydrogen) atoms. The van der Waals surface area contributed by atoms with Crippen molar-refractivity contribution in [2.24, 2.45) is 5.92 Å². The third kappa shape index (κ3) is 6.87. The normalized spacial score (nSPS) is 14.8. The number of carbonyl (C=O) groups is 1. The van der Waals surface area contributed by atoms with Crippen molar-refractivity contribution in [2.75, 3.05) is 36.8 Å². The standard InChI is InChI=1S/C29H38FN5O2S/c1-20(2)18-35-28(22(5)37-26-9-7-6-8-25(26)21(3)4)31-32-29(35)38-19-27(36)34-16-14-33(15-17-34)24-12-10-23(30)11-13-24/h6-13,20-22H,14-19H2,1-5H3. The third-order valence-corrected chi connectivity index (χ3v) is 7.60. The van der Waals surface area contributed by atoms with Crippen LogP contribution in [0.15, 0.2) is 53.7 Å². The molecule has 1 unspecified atom stereocenters. The summed E-state index contributed by atoms with van der Waals surface area (Å²) in [7, 11) is 0. The van der Waals surface area contributed by atoms with Gasteiger partial charge in [-0.15, -0.1) is 10.2 Å². The molecule has 1 fully saturated rings. The SMILES string of the molecule is CC(C)Cn1c(SCC(=O)N2CCN(c3ccc(F)cc3)CC2)nnc1C(C)Oc1ccccc1C(C)C. The summed E-state index contributed by atoms with van der Waals surface area (Å²) < 4.78 is 21.7. The number of ether oxygens (including phenoxy) is 1. The maximum atomic E-state index is 13.2. The zero-order valence-electron chi connectivity index (χ0n) is 22.9. The van der Waals surface area contributed by atoms with E-state index in [-0.39, 0.29) is 17.8 Å². The van der Waals surface area contributed by atoms with E-state index in [9.17, 15) is 9.18 Å². The second-order valence-electron chi connectivity index (χ2n) is 10.4. The van der Waals surface area contributed by atoms with Crippen LogP contribution < -0.4 is 9.64 Å². The summed E-state index contributed by atoms with van der Waals surface area (Å²) in [5, 5.41) is 9.68. The average Bonchev–Trinajstić information content (AvgIpc) is 3.29. The van der Waals surface area contributed by atoms with Gasteiger partial charge in [0.25, 0.3) is 0 Å². The first-order valence-corrected chi connectivity index (χ1v) is 14.3. The van der Waals surface area contributed by atoms with Gasteiger partial charge in [-0.2, -0.15) is 0 Å². The number of amides is 1. The maximum Gasteiger partial charge on any atom is 0.233 e. The van der Waals surface area contributed by atoms with Crippen molar-refractivity contribution in [2.45, 2.75) is 58.3 Å². The minimum atomic E-state index is -0.286. The van der Waals surface area contributed by atoms with E-state index >= 15 is 0 Å². The highest BCUT2D eigenvalue weighted by atomic mass is 32.2. The first-order valence-electron chi connectivity index (χ1n) is 13.3. The summed E-state index contributed by atoms with van der Waals surface area (Å²) in [5.41, 5.74) is 2.14. The molecular formula is C29H38FN5O2S. The van der Waals surface area contributed by atoms with Crippen molar-refractivity contribution < 1.29 is 13.9 Å². The van der Waals surface area contributed by atoms with Crippen LogP contribution in [0, 0.1) is 11.7 Å². The Hall–Kier alpha value is -3.07. The van der Waals surface area contributed by atoms with Gasteiger partial charge in [0.15, 0.2) is 17.1 Å². The average molecular weight is 540 g/mol. The van der Waals surface area contributed by atoms with E-state index in [1.807, 2.05) is 30.0 Å². The lowest BCUT2D eigenvalue weighted by Gasteiger charge is -2.36. The number of rotatable bonds is 10. The number of para-hydroxylation sites is 1. The molecule has 0 N–H and O–H groups in total. The summed E-state index contributed by atoms with van der Waals surface area (Å²) in [6.07, 6.45) is -0.286. The Morgan fingerprint density at radius 2 is 1.66 bits per heavy atom. The van der Waals surface area contributed by atoms with Gasteiger partial charge in [-0.1, -0.05) is 57.7 Å². The topological polar surface area (TPSA) is 63.5 Å². The zero-order chi connectivity index (χ0) is 27.2. The van der Waals surface area contributed by atoms with Crippen molar-refractivity contribution in [3.05, 3.63) is 65.7 Å². The van der Waals surface area contributed by atoms with Crippen molar-refractivity contribution in [3.63, 3.8) is 0 Å². The number of benzene rings is 2. The fourth-order valence-corrected chi connectivity index (χ4v) is 5.49. The Morgan fingerprint density at radius 1 is 0.974 bits per heavy atom. The molecule has 0 saturated carbocycles. The monoisotopic (exact) mass is 539 g/mol. The summed E-state index contributed by atoms with van der Waals surface area (Å²) in [6.45, 7) is 14.1. The van der Waals surface area contributed by atoms with Crippen LogP contribution in [-0.2, 0) is 11.3 Å². The van der Waals surface area contributed by atoms with E-state index in [1.165, 1.54) is 23.9 Å². The smallest absolute Gasteiger partial charge is 0.233 e. The molecule has 0 radical (unpaired) electrons. The van der Waals surface area contributed by atoms with Gasteiger partial charge in [0.1, 0.15) is 11.6 Å². The van der Waals surface area contributed by atoms with Crippen LogP contribution in [0.4, 0.5) is 10.1 Å². The fourth-order valence-electron chi connectivity index (χ4n) is 4.64. The van der Waals surface area contributed by atoms with Crippen molar-refractivity contribution in [1.29, 1.82) is 0 Å². The largest absolute Gasteiger partial charge is 0.482 e. The Labute approximate surface area is 229 Å². The maximum absolute atomic E-state index is 13.2. The molecule has 9 heteroatoms. The molecule has 3 aromatic rings. The molecule has 4 rings (SSSR count). The number of hydrogen-bond donors (Lipinski definition) is 0. The number of anilines is 1. The van der Waals surface area contributed by atoms with Gasteiger partial charge in [0, 0.05) is 38.4 Å². The fraction of sp³-hybridized carbons (Fsp3) is 0.483. The molecule has 0 spiro atoms. The minimum absolute atomic E-state index is 0.0876. The van der Waals surface area contributed by atoms with Gasteiger partial charge in [0.05, 0.1) is 5.75 Å². The number of halogens is 1. The lowest BCUT2D eigenvalue weighted by atomic mass is 10.0. The molecule has 2 heterocycles. The van der Waals surface area contributed by atoms with Crippen LogP contribution in [0.3, 0.4) is 0 Å². The highest BCUT2D eigenvalue weighted by Gasteiger charge is 2.25. The highest BCUT2D eigenvalue weighted by Crippen LogP contribution is 2.31. The van der Waals surface area contributed by atoms with Crippen LogP contribution in [-0.4, -0.2) is 57.5 Å². The number of nitrogens with zero attached hydrogens (tertiary/aromatic N) is 5. The minimum Gasteiger partial charge on any atom is -0.482 e. The highest BCUT2D eigenvalue weighted by molar-refractivity contribution is 7.99. The van der Waals surface area contributed by atoms with E-state index in [2.05, 4.69) is 53.4 Å². The molecule has 1 aromatic heterocycles. The van der Waals surface area contributed by atoms with E-state index in [4.69, 9.17) is 4.74 Å².